The Morgan fingerprint density at radius 3 is 2.92 bits per heavy atom. The molecule has 14 heteroatoms. The summed E-state index contributed by atoms with van der Waals surface area (Å²) in [6, 6.07) is 0. The third-order valence-electron chi connectivity index (χ3n) is 2.53. The fraction of sp³-hybridized carbons (Fsp3) is 0.500. The average Bonchev–Trinajstić information content (AvgIpc) is 2.97. The van der Waals surface area contributed by atoms with Crippen LogP contribution in [0.1, 0.15) is 5.69 Å². The second-order valence-corrected chi connectivity index (χ2v) is 6.61. The molecule has 0 atom stereocenters. The Hall–Kier alpha value is -2.22. The molecule has 1 rings (SSSR count). The van der Waals surface area contributed by atoms with Gasteiger partial charge in [-0.25, -0.2) is 9.98 Å². The molecule has 0 fully saturated rings. The molecule has 0 aliphatic rings. The van der Waals surface area contributed by atoms with Gasteiger partial charge in [-0.3, -0.25) is 10.1 Å². The molecule has 0 bridgehead atoms. The number of nitro groups is 1. The number of hydrogen-bond donors (Lipinski definition) is 4. The highest BCUT2D eigenvalue weighted by atomic mass is 32.2. The zero-order valence-corrected chi connectivity index (χ0v) is 15.3. The normalized spacial score (nSPS) is 12.8. The molecule has 0 saturated heterocycles. The molecule has 0 aliphatic heterocycles. The van der Waals surface area contributed by atoms with Crippen molar-refractivity contribution in [3.8, 4) is 0 Å². The van der Waals surface area contributed by atoms with E-state index in [4.69, 9.17) is 5.73 Å². The molecule has 0 saturated carbocycles. The van der Waals surface area contributed by atoms with Gasteiger partial charge in [-0.05, 0) is 0 Å². The average molecular weight is 413 g/mol. The van der Waals surface area contributed by atoms with Gasteiger partial charge in [0.05, 0.1) is 10.6 Å². The predicted molar refractivity (Wildman–Crippen MR) is 96.6 cm³/mol. The van der Waals surface area contributed by atoms with E-state index in [1.54, 1.807) is 24.2 Å². The maximum absolute atomic E-state index is 12.0. The van der Waals surface area contributed by atoms with Crippen LogP contribution >= 0.6 is 23.1 Å². The van der Waals surface area contributed by atoms with E-state index in [0.717, 1.165) is 11.9 Å². The van der Waals surface area contributed by atoms with Crippen LogP contribution in [0.3, 0.4) is 0 Å². The van der Waals surface area contributed by atoms with Gasteiger partial charge in [-0.15, -0.1) is 11.3 Å². The van der Waals surface area contributed by atoms with Gasteiger partial charge in [0.2, 0.25) is 0 Å². The molecule has 0 unspecified atom stereocenters. The molecule has 1 aromatic rings. The molecule has 1 heterocycles. The first-order valence-electron chi connectivity index (χ1n) is 7.12. The van der Waals surface area contributed by atoms with Crippen molar-refractivity contribution in [2.24, 2.45) is 10.7 Å². The quantitative estimate of drug-likeness (QED) is 0.149. The smallest absolute Gasteiger partial charge is 0.370 e. The Bertz CT molecular complexity index is 649. The fourth-order valence-electron chi connectivity index (χ4n) is 1.49. The number of nitrogens with two attached hydrogens (primary N) is 1. The van der Waals surface area contributed by atoms with E-state index in [0.29, 0.717) is 29.0 Å². The van der Waals surface area contributed by atoms with Crippen molar-refractivity contribution < 1.29 is 18.1 Å². The third-order valence-corrected chi connectivity index (χ3v) is 4.33. The molecule has 0 amide bonds. The third kappa shape index (κ3) is 9.93. The number of guanidine groups is 1. The van der Waals surface area contributed by atoms with E-state index in [1.807, 2.05) is 0 Å². The molecular weight excluding hydrogens is 395 g/mol. The van der Waals surface area contributed by atoms with E-state index in [-0.39, 0.29) is 5.96 Å². The molecule has 1 aromatic heterocycles. The fourth-order valence-corrected chi connectivity index (χ4v) is 3.06. The van der Waals surface area contributed by atoms with E-state index >= 15 is 0 Å². The van der Waals surface area contributed by atoms with Crippen LogP contribution in [0.5, 0.6) is 0 Å². The zero-order chi connectivity index (χ0) is 19.6. The number of aliphatic imine (C=N–C) groups is 1. The lowest BCUT2D eigenvalue weighted by Gasteiger charge is -2.07. The summed E-state index contributed by atoms with van der Waals surface area (Å²) < 4.78 is 36.1. The summed E-state index contributed by atoms with van der Waals surface area (Å²) in [6.07, 6.45) is -3.57. The van der Waals surface area contributed by atoms with Crippen molar-refractivity contribution in [3.63, 3.8) is 0 Å². The Labute approximate surface area is 155 Å². The van der Waals surface area contributed by atoms with Gasteiger partial charge in [0, 0.05) is 30.5 Å². The van der Waals surface area contributed by atoms with Gasteiger partial charge < -0.3 is 21.7 Å². The van der Waals surface area contributed by atoms with Crippen LogP contribution in [0.2, 0.25) is 0 Å². The van der Waals surface area contributed by atoms with Crippen molar-refractivity contribution >= 4 is 34.2 Å². The molecule has 5 N–H and O–H groups in total. The van der Waals surface area contributed by atoms with Crippen molar-refractivity contribution in [1.29, 1.82) is 0 Å². The second kappa shape index (κ2) is 10.7. The summed E-state index contributed by atoms with van der Waals surface area (Å²) in [7, 11) is 1.57. The highest BCUT2D eigenvalue weighted by Crippen LogP contribution is 2.19. The van der Waals surface area contributed by atoms with Crippen LogP contribution in [-0.4, -0.2) is 47.9 Å². The number of anilines is 1. The predicted octanol–water partition coefficient (Wildman–Crippen LogP) is 1.55. The van der Waals surface area contributed by atoms with Crippen molar-refractivity contribution in [1.82, 2.24) is 15.6 Å². The van der Waals surface area contributed by atoms with E-state index in [2.05, 4.69) is 25.9 Å². The number of alkyl halides is 3. The molecule has 26 heavy (non-hydrogen) atoms. The van der Waals surface area contributed by atoms with E-state index in [1.165, 1.54) is 11.3 Å². The molecule has 146 valence electrons. The van der Waals surface area contributed by atoms with Gasteiger partial charge in [-0.2, -0.15) is 24.9 Å². The van der Waals surface area contributed by atoms with Gasteiger partial charge in [0.15, 0.2) is 16.9 Å². The number of rotatable bonds is 10. The summed E-state index contributed by atoms with van der Waals surface area (Å²) >= 11 is 2.75. The van der Waals surface area contributed by atoms with Crippen LogP contribution in [0, 0.1) is 10.1 Å². The van der Waals surface area contributed by atoms with Gasteiger partial charge in [-0.1, -0.05) is 0 Å². The monoisotopic (exact) mass is 413 g/mol. The largest absolute Gasteiger partial charge is 0.408 e. The standard InChI is InChI=1S/C12H18F3N7O2S2/c1-17-9(4-22(23)24)18-2-3-25-5-8-6-26-11(20-8)21-10(16)19-7-12(13,14)15/h4,6,17-18H,2-3,5,7H2,1H3,(H3,16,19,20,21)/b9-4+. The molecule has 0 radical (unpaired) electrons. The molecule has 0 spiro atoms. The second-order valence-electron chi connectivity index (χ2n) is 4.64. The van der Waals surface area contributed by atoms with Gasteiger partial charge in [0.1, 0.15) is 6.54 Å². The number of thioether (sulfide) groups is 1. The maximum Gasteiger partial charge on any atom is 0.408 e. The Kier molecular flexibility index (Phi) is 8.98. The van der Waals surface area contributed by atoms with Crippen LogP contribution in [-0.2, 0) is 5.75 Å². The highest BCUT2D eigenvalue weighted by Gasteiger charge is 2.26. The Balaban J connectivity index is 2.33. The van der Waals surface area contributed by atoms with Crippen LogP contribution in [0.25, 0.3) is 0 Å². The SMILES string of the molecule is CN/C(=C\[N+](=O)[O-])NCCSCc1csc(N/C(N)=N\CC(F)(F)F)n1. The summed E-state index contributed by atoms with van der Waals surface area (Å²) in [5.41, 5.74) is 6.11. The highest BCUT2D eigenvalue weighted by molar-refractivity contribution is 7.98. The number of hydrogen-bond acceptors (Lipinski definition) is 8. The Morgan fingerprint density at radius 2 is 2.31 bits per heavy atom. The lowest BCUT2D eigenvalue weighted by molar-refractivity contribution is -0.404. The summed E-state index contributed by atoms with van der Waals surface area (Å²) in [5, 5.41) is 20.5. The topological polar surface area (TPSA) is 130 Å². The molecule has 0 aromatic carbocycles. The lowest BCUT2D eigenvalue weighted by atomic mass is 10.6. The number of nitrogens with one attached hydrogen (secondary N) is 3. The molecule has 0 aliphatic carbocycles. The lowest BCUT2D eigenvalue weighted by Crippen LogP contribution is -2.26. The minimum Gasteiger partial charge on any atom is -0.370 e. The van der Waals surface area contributed by atoms with Crippen molar-refractivity contribution in [3.05, 3.63) is 33.2 Å². The molecular formula is C12H18F3N7O2S2. The first-order chi connectivity index (χ1) is 12.2. The first kappa shape index (κ1) is 21.8. The van der Waals surface area contributed by atoms with Gasteiger partial charge >= 0.3 is 6.18 Å². The number of halogens is 3. The van der Waals surface area contributed by atoms with Crippen molar-refractivity contribution in [2.75, 3.05) is 31.2 Å². The number of thiazole rings is 1. The maximum atomic E-state index is 12.0. The Morgan fingerprint density at radius 1 is 1.58 bits per heavy atom. The van der Waals surface area contributed by atoms with E-state index in [9.17, 15) is 23.3 Å². The number of nitrogens with zero attached hydrogens (tertiary/aromatic N) is 3. The zero-order valence-electron chi connectivity index (χ0n) is 13.7. The minimum absolute atomic E-state index is 0.310. The van der Waals surface area contributed by atoms with Gasteiger partial charge in [0.25, 0.3) is 6.20 Å². The number of aromatic nitrogens is 1. The summed E-state index contributed by atoms with van der Waals surface area (Å²) in [6.45, 7) is -0.843. The van der Waals surface area contributed by atoms with Crippen molar-refractivity contribution in [2.45, 2.75) is 11.9 Å². The summed E-state index contributed by atoms with van der Waals surface area (Å²) in [5.74, 6) is 1.21. The summed E-state index contributed by atoms with van der Waals surface area (Å²) in [4.78, 5) is 17.2. The van der Waals surface area contributed by atoms with E-state index < -0.39 is 17.6 Å². The minimum atomic E-state index is -4.41. The first-order valence-corrected chi connectivity index (χ1v) is 9.16. The molecule has 9 nitrogen and oxygen atoms in total. The van der Waals surface area contributed by atoms with Crippen LogP contribution in [0.15, 0.2) is 22.4 Å². The van der Waals surface area contributed by atoms with Crippen LogP contribution < -0.4 is 21.7 Å². The van der Waals surface area contributed by atoms with Crippen LogP contribution in [0.4, 0.5) is 18.3 Å².